The third kappa shape index (κ3) is 4.05. The van der Waals surface area contributed by atoms with E-state index in [2.05, 4.69) is 14.7 Å². The van der Waals surface area contributed by atoms with E-state index in [0.29, 0.717) is 0 Å². The second kappa shape index (κ2) is 5.65. The van der Waals surface area contributed by atoms with Gasteiger partial charge in [0.1, 0.15) is 6.02 Å². The second-order valence-electron chi connectivity index (χ2n) is 1.52. The first-order chi connectivity index (χ1) is 4.68. The zero-order valence-corrected chi connectivity index (χ0v) is 5.59. The fourth-order valence-electron chi connectivity index (χ4n) is 0.428. The van der Waals surface area contributed by atoms with Crippen molar-refractivity contribution in [3.8, 4) is 0 Å². The second-order valence-corrected chi connectivity index (χ2v) is 1.52. The van der Waals surface area contributed by atoms with Gasteiger partial charge in [0.2, 0.25) is 0 Å². The zero-order chi connectivity index (χ0) is 8.04. The number of nitrogens with zero attached hydrogens (tertiary/aromatic N) is 1. The lowest BCUT2D eigenvalue weighted by atomic mass is 10.4. The van der Waals surface area contributed by atoms with Gasteiger partial charge in [-0.1, -0.05) is 5.18 Å². The van der Waals surface area contributed by atoms with E-state index in [-0.39, 0.29) is 13.2 Å². The van der Waals surface area contributed by atoms with Gasteiger partial charge >= 0.3 is 0 Å². The minimum atomic E-state index is -1.48. The Morgan fingerprint density at radius 3 is 2.22 bits per heavy atom. The van der Waals surface area contributed by atoms with E-state index in [1.54, 1.807) is 0 Å². The quantitative estimate of drug-likeness (QED) is 0.513. The number of hydrogen-bond acceptors (Lipinski definition) is 4. The van der Waals surface area contributed by atoms with Crippen molar-refractivity contribution < 1.29 is 10.8 Å². The summed E-state index contributed by atoms with van der Waals surface area (Å²) >= 11 is 0. The first-order valence-electron chi connectivity index (χ1n) is 3.01. The lowest BCUT2D eigenvalue weighted by Gasteiger charge is -2.04. The molecule has 9 heavy (non-hydrogen) atoms. The molecule has 54 valence electrons. The molecule has 0 radical (unpaired) electrons. The number of hydrogen-bond donors (Lipinski definition) is 0. The van der Waals surface area contributed by atoms with Crippen LogP contribution in [0.15, 0.2) is 5.18 Å². The van der Waals surface area contributed by atoms with Crippen LogP contribution in [0.3, 0.4) is 0 Å². The monoisotopic (exact) mass is 135 g/mol. The van der Waals surface area contributed by atoms with E-state index >= 15 is 0 Å². The topological polar surface area (TPSA) is 47.9 Å². The van der Waals surface area contributed by atoms with E-state index < -0.39 is 6.02 Å². The van der Waals surface area contributed by atoms with Gasteiger partial charge in [-0.05, 0) is 0 Å². The highest BCUT2D eigenvalue weighted by molar-refractivity contribution is 4.61. The highest BCUT2D eigenvalue weighted by Gasteiger charge is 2.05. The van der Waals surface area contributed by atoms with Crippen LogP contribution in [0.1, 0.15) is 1.37 Å². The maximum absolute atomic E-state index is 10.0. The Balaban J connectivity index is 3.81. The molecule has 0 aromatic heterocycles. The van der Waals surface area contributed by atoms with Gasteiger partial charge in [-0.2, -0.15) is 4.91 Å². The SMILES string of the molecule is [3H]C(COC)(COC)N=O. The van der Waals surface area contributed by atoms with Crippen LogP contribution in [0.4, 0.5) is 0 Å². The molecule has 4 heteroatoms. The van der Waals surface area contributed by atoms with Gasteiger partial charge in [0.05, 0.1) is 14.6 Å². The summed E-state index contributed by atoms with van der Waals surface area (Å²) in [6.07, 6.45) is 0. The molecule has 0 aromatic rings. The predicted molar refractivity (Wildman–Crippen MR) is 33.3 cm³/mol. The summed E-state index contributed by atoms with van der Waals surface area (Å²) in [5.74, 6) is 0. The largest absolute Gasteiger partial charge is 0.382 e. The summed E-state index contributed by atoms with van der Waals surface area (Å²) < 4.78 is 16.4. The molecule has 0 N–H and O–H groups in total. The Morgan fingerprint density at radius 2 is 2.00 bits per heavy atom. The smallest absolute Gasteiger partial charge is 0.138 e. The molecule has 0 aliphatic heterocycles. The molecule has 0 unspecified atom stereocenters. The maximum Gasteiger partial charge on any atom is 0.138 e. The van der Waals surface area contributed by atoms with E-state index in [1.807, 2.05) is 0 Å². The average Bonchev–Trinajstić information content (AvgIpc) is 1.89. The number of nitroso groups, excluding NO2 is 1. The van der Waals surface area contributed by atoms with Crippen molar-refractivity contribution >= 4 is 0 Å². The van der Waals surface area contributed by atoms with Crippen LogP contribution in [0.2, 0.25) is 0 Å². The van der Waals surface area contributed by atoms with Crippen LogP contribution in [0.5, 0.6) is 0 Å². The Kier molecular flexibility index (Phi) is 4.17. The Labute approximate surface area is 55.5 Å². The van der Waals surface area contributed by atoms with Crippen LogP contribution in [-0.4, -0.2) is 33.5 Å². The minimum absolute atomic E-state index is 0.0374. The molecule has 0 saturated heterocycles. The molecule has 0 rings (SSSR count). The van der Waals surface area contributed by atoms with Gasteiger partial charge in [-0.15, -0.1) is 0 Å². The number of methoxy groups -OCH3 is 2. The van der Waals surface area contributed by atoms with Crippen molar-refractivity contribution in [3.05, 3.63) is 4.91 Å². The van der Waals surface area contributed by atoms with Crippen LogP contribution >= 0.6 is 0 Å². The molecule has 0 amide bonds. The highest BCUT2D eigenvalue weighted by atomic mass is 16.5. The molecule has 0 aliphatic carbocycles. The standard InChI is InChI=1S/C5H11NO3/c1-8-3-5(6-7)4-9-2/h5H,3-4H2,1-2H3/i5T. The average molecular weight is 135 g/mol. The molecule has 0 aliphatic rings. The van der Waals surface area contributed by atoms with Crippen molar-refractivity contribution in [1.82, 2.24) is 0 Å². The lowest BCUT2D eigenvalue weighted by molar-refractivity contribution is 0.119. The molecular weight excluding hydrogens is 122 g/mol. The molecule has 4 nitrogen and oxygen atoms in total. The predicted octanol–water partition coefficient (Wildman–Crippen LogP) is 0.414. The van der Waals surface area contributed by atoms with Gasteiger partial charge in [0.25, 0.3) is 0 Å². The fraction of sp³-hybridized carbons (Fsp3) is 1.00. The third-order valence-corrected chi connectivity index (χ3v) is 0.751. The molecule has 0 heterocycles. The van der Waals surface area contributed by atoms with Gasteiger partial charge in [-0.3, -0.25) is 0 Å². The van der Waals surface area contributed by atoms with Crippen molar-refractivity contribution in [2.24, 2.45) is 5.18 Å². The molecule has 0 fully saturated rings. The Bertz CT molecular complexity index is 103. The van der Waals surface area contributed by atoms with Gasteiger partial charge in [0, 0.05) is 14.2 Å². The Hall–Kier alpha value is -0.480. The molecule has 0 bridgehead atoms. The molecule has 0 atom stereocenters. The van der Waals surface area contributed by atoms with E-state index in [9.17, 15) is 4.91 Å². The minimum Gasteiger partial charge on any atom is -0.382 e. The normalized spacial score (nSPS) is 12.9. The van der Waals surface area contributed by atoms with E-state index in [0.717, 1.165) is 0 Å². The summed E-state index contributed by atoms with van der Waals surface area (Å²) in [6, 6.07) is -1.48. The molecular formula is C5H11NO3. The van der Waals surface area contributed by atoms with E-state index in [1.165, 1.54) is 14.2 Å². The van der Waals surface area contributed by atoms with Gasteiger partial charge in [0.15, 0.2) is 0 Å². The summed E-state index contributed by atoms with van der Waals surface area (Å²) in [5, 5.41) is 2.57. The highest BCUT2D eigenvalue weighted by Crippen LogP contribution is 1.90. The Morgan fingerprint density at radius 1 is 1.56 bits per heavy atom. The number of ether oxygens (including phenoxy) is 2. The van der Waals surface area contributed by atoms with E-state index in [4.69, 9.17) is 1.37 Å². The van der Waals surface area contributed by atoms with Crippen molar-refractivity contribution in [1.29, 1.82) is 0 Å². The van der Waals surface area contributed by atoms with Crippen molar-refractivity contribution in [2.75, 3.05) is 27.4 Å². The lowest BCUT2D eigenvalue weighted by Crippen LogP contribution is -2.17. The van der Waals surface area contributed by atoms with Crippen molar-refractivity contribution in [3.63, 3.8) is 0 Å². The maximum atomic E-state index is 10.0. The van der Waals surface area contributed by atoms with Crippen LogP contribution in [0, 0.1) is 4.91 Å². The van der Waals surface area contributed by atoms with Gasteiger partial charge in [-0.25, -0.2) is 0 Å². The summed E-state index contributed by atoms with van der Waals surface area (Å²) in [7, 11) is 2.81. The summed E-state index contributed by atoms with van der Waals surface area (Å²) in [5.41, 5.74) is 0. The third-order valence-electron chi connectivity index (χ3n) is 0.751. The zero-order valence-electron chi connectivity index (χ0n) is 6.59. The van der Waals surface area contributed by atoms with Gasteiger partial charge < -0.3 is 9.47 Å². The molecule has 0 saturated carbocycles. The van der Waals surface area contributed by atoms with Crippen LogP contribution < -0.4 is 0 Å². The number of rotatable bonds is 5. The molecule has 0 aromatic carbocycles. The first-order valence-corrected chi connectivity index (χ1v) is 2.51. The first kappa shape index (κ1) is 6.64. The summed E-state index contributed by atoms with van der Waals surface area (Å²) in [6.45, 7) is -0.0747. The van der Waals surface area contributed by atoms with Crippen LogP contribution in [-0.2, 0) is 9.47 Å². The van der Waals surface area contributed by atoms with Crippen LogP contribution in [0.25, 0.3) is 0 Å². The fourth-order valence-corrected chi connectivity index (χ4v) is 0.428. The van der Waals surface area contributed by atoms with Crippen molar-refractivity contribution in [2.45, 2.75) is 6.02 Å². The summed E-state index contributed by atoms with van der Waals surface area (Å²) in [4.78, 5) is 10.0. The molecule has 0 spiro atoms.